The number of amides is 1. The van der Waals surface area contributed by atoms with Crippen LogP contribution in [-0.4, -0.2) is 28.4 Å². The molecule has 0 bridgehead atoms. The fourth-order valence-corrected chi connectivity index (χ4v) is 3.63. The normalized spacial score (nSPS) is 18.4. The fourth-order valence-electron chi connectivity index (χ4n) is 2.55. The van der Waals surface area contributed by atoms with Crippen LogP contribution >= 0.6 is 11.8 Å². The smallest absolute Gasteiger partial charge is 0.252 e. The molecule has 1 unspecified atom stereocenters. The molecule has 2 aromatic rings. The molecule has 1 amide bonds. The zero-order valence-corrected chi connectivity index (χ0v) is 12.5. The quantitative estimate of drug-likeness (QED) is 0.598. The first-order valence-corrected chi connectivity index (χ1v) is 8.18. The molecule has 1 aromatic heterocycles. The van der Waals surface area contributed by atoms with Crippen LogP contribution in [0.3, 0.4) is 0 Å². The number of aromatic nitrogens is 1. The van der Waals surface area contributed by atoms with E-state index in [0.717, 1.165) is 29.5 Å². The Kier molecular flexibility index (Phi) is 4.26. The van der Waals surface area contributed by atoms with Crippen molar-refractivity contribution in [2.75, 3.05) is 16.9 Å². The number of benzene rings is 1. The predicted molar refractivity (Wildman–Crippen MR) is 87.4 cm³/mol. The molecule has 0 aliphatic carbocycles. The third kappa shape index (κ3) is 3.11. The number of fused-ring (bicyclic) bond motifs is 1. The first-order valence-electron chi connectivity index (χ1n) is 7.03. The number of anilines is 1. The molecule has 6 heteroatoms. The highest BCUT2D eigenvalue weighted by molar-refractivity contribution is 7.99. The highest BCUT2D eigenvalue weighted by Crippen LogP contribution is 2.22. The highest BCUT2D eigenvalue weighted by atomic mass is 32.2. The summed E-state index contributed by atoms with van der Waals surface area (Å²) >= 11 is 1.89. The maximum atomic E-state index is 12.6. The van der Waals surface area contributed by atoms with Crippen LogP contribution in [0.5, 0.6) is 0 Å². The zero-order valence-electron chi connectivity index (χ0n) is 11.6. The molecule has 1 fully saturated rings. The minimum absolute atomic E-state index is 0.0578. The molecule has 2 heterocycles. The van der Waals surface area contributed by atoms with Gasteiger partial charge in [0.1, 0.15) is 5.82 Å². The Bertz CT molecular complexity index is 655. The van der Waals surface area contributed by atoms with Gasteiger partial charge in [-0.1, -0.05) is 18.2 Å². The van der Waals surface area contributed by atoms with Crippen LogP contribution in [0.4, 0.5) is 5.82 Å². The van der Waals surface area contributed by atoms with Crippen molar-refractivity contribution < 1.29 is 4.79 Å². The molecular weight excluding hydrogens is 284 g/mol. The second kappa shape index (κ2) is 6.32. The van der Waals surface area contributed by atoms with Crippen LogP contribution < -0.4 is 16.6 Å². The maximum Gasteiger partial charge on any atom is 0.252 e. The molecule has 110 valence electrons. The van der Waals surface area contributed by atoms with E-state index in [1.54, 1.807) is 6.07 Å². The van der Waals surface area contributed by atoms with Crippen LogP contribution in [0, 0.1) is 0 Å². The largest absolute Gasteiger partial charge is 0.348 e. The number of nitrogens with zero attached hydrogens (tertiary/aromatic N) is 1. The second-order valence-corrected chi connectivity index (χ2v) is 6.25. The van der Waals surface area contributed by atoms with E-state index in [9.17, 15) is 4.79 Å². The SMILES string of the molecule is NNc1cc(C(=O)NC2CCCSC2)c2ccccc2n1. The van der Waals surface area contributed by atoms with E-state index in [2.05, 4.69) is 15.7 Å². The van der Waals surface area contributed by atoms with Crippen molar-refractivity contribution in [2.45, 2.75) is 18.9 Å². The van der Waals surface area contributed by atoms with Crippen LogP contribution in [-0.2, 0) is 0 Å². The molecule has 3 rings (SSSR count). The summed E-state index contributed by atoms with van der Waals surface area (Å²) < 4.78 is 0. The average molecular weight is 302 g/mol. The van der Waals surface area contributed by atoms with Crippen molar-refractivity contribution in [1.29, 1.82) is 0 Å². The van der Waals surface area contributed by atoms with E-state index < -0.39 is 0 Å². The molecule has 0 spiro atoms. The van der Waals surface area contributed by atoms with E-state index in [-0.39, 0.29) is 11.9 Å². The number of rotatable bonds is 3. The van der Waals surface area contributed by atoms with E-state index in [0.29, 0.717) is 11.4 Å². The number of nitrogen functional groups attached to an aromatic ring is 1. The lowest BCUT2D eigenvalue weighted by Crippen LogP contribution is -2.38. The third-order valence-corrected chi connectivity index (χ3v) is 4.82. The Hall–Kier alpha value is -1.79. The Balaban J connectivity index is 1.92. The number of carbonyl (C=O) groups excluding carboxylic acids is 1. The number of hydrazine groups is 1. The van der Waals surface area contributed by atoms with Crippen molar-refractivity contribution >= 4 is 34.4 Å². The highest BCUT2D eigenvalue weighted by Gasteiger charge is 2.19. The fraction of sp³-hybridized carbons (Fsp3) is 0.333. The molecule has 0 saturated carbocycles. The monoisotopic (exact) mass is 302 g/mol. The van der Waals surface area contributed by atoms with Crippen LogP contribution in [0.15, 0.2) is 30.3 Å². The van der Waals surface area contributed by atoms with E-state index in [1.807, 2.05) is 36.0 Å². The summed E-state index contributed by atoms with van der Waals surface area (Å²) in [5.41, 5.74) is 3.90. The molecule has 0 radical (unpaired) electrons. The number of para-hydroxylation sites is 1. The summed E-state index contributed by atoms with van der Waals surface area (Å²) in [5.74, 6) is 8.06. The van der Waals surface area contributed by atoms with Gasteiger partial charge in [0.25, 0.3) is 5.91 Å². The standard InChI is InChI=1S/C15H18N4OS/c16-19-14-8-12(11-5-1-2-6-13(11)18-14)15(20)17-10-4-3-7-21-9-10/h1-2,5-6,8,10H,3-4,7,9,16H2,(H,17,20)(H,18,19). The molecule has 1 atom stereocenters. The molecule has 1 aliphatic heterocycles. The van der Waals surface area contributed by atoms with Gasteiger partial charge in [-0.3, -0.25) is 4.79 Å². The van der Waals surface area contributed by atoms with E-state index >= 15 is 0 Å². The number of nitrogens with one attached hydrogen (secondary N) is 2. The van der Waals surface area contributed by atoms with Crippen molar-refractivity contribution in [3.8, 4) is 0 Å². The van der Waals surface area contributed by atoms with Gasteiger partial charge in [-0.15, -0.1) is 0 Å². The van der Waals surface area contributed by atoms with Gasteiger partial charge >= 0.3 is 0 Å². The first kappa shape index (κ1) is 14.2. The van der Waals surface area contributed by atoms with Crippen molar-refractivity contribution in [3.63, 3.8) is 0 Å². The van der Waals surface area contributed by atoms with Gasteiger partial charge < -0.3 is 10.7 Å². The van der Waals surface area contributed by atoms with Gasteiger partial charge in [0.2, 0.25) is 0 Å². The molecule has 1 aliphatic rings. The molecule has 5 nitrogen and oxygen atoms in total. The Labute approximate surface area is 127 Å². The maximum absolute atomic E-state index is 12.6. The topological polar surface area (TPSA) is 80.0 Å². The molecule has 1 saturated heterocycles. The molecular formula is C15H18N4OS. The minimum Gasteiger partial charge on any atom is -0.348 e. The van der Waals surface area contributed by atoms with Gasteiger partial charge in [0.05, 0.1) is 11.1 Å². The summed E-state index contributed by atoms with van der Waals surface area (Å²) in [6.07, 6.45) is 2.20. The number of nitrogens with two attached hydrogens (primary N) is 1. The van der Waals surface area contributed by atoms with Gasteiger partial charge in [-0.05, 0) is 30.7 Å². The lowest BCUT2D eigenvalue weighted by molar-refractivity contribution is 0.0940. The van der Waals surface area contributed by atoms with E-state index in [1.165, 1.54) is 5.75 Å². The Morgan fingerprint density at radius 2 is 2.24 bits per heavy atom. The minimum atomic E-state index is -0.0578. The second-order valence-electron chi connectivity index (χ2n) is 5.10. The predicted octanol–water partition coefficient (Wildman–Crippen LogP) is 2.15. The zero-order chi connectivity index (χ0) is 14.7. The van der Waals surface area contributed by atoms with Crippen molar-refractivity contribution in [1.82, 2.24) is 10.3 Å². The molecule has 1 aromatic carbocycles. The number of pyridine rings is 1. The van der Waals surface area contributed by atoms with Gasteiger partial charge in [-0.2, -0.15) is 11.8 Å². The summed E-state index contributed by atoms with van der Waals surface area (Å²) in [5, 5.41) is 3.97. The molecule has 21 heavy (non-hydrogen) atoms. The number of carbonyl (C=O) groups is 1. The third-order valence-electron chi connectivity index (χ3n) is 3.60. The van der Waals surface area contributed by atoms with E-state index in [4.69, 9.17) is 5.84 Å². The van der Waals surface area contributed by atoms with Crippen molar-refractivity contribution in [2.24, 2.45) is 5.84 Å². The van der Waals surface area contributed by atoms with Gasteiger partial charge in [0, 0.05) is 17.2 Å². The van der Waals surface area contributed by atoms with Crippen LogP contribution in [0.1, 0.15) is 23.2 Å². The number of thioether (sulfide) groups is 1. The summed E-state index contributed by atoms with van der Waals surface area (Å²) in [7, 11) is 0. The Morgan fingerprint density at radius 3 is 3.00 bits per heavy atom. The average Bonchev–Trinajstić information content (AvgIpc) is 2.54. The summed E-state index contributed by atoms with van der Waals surface area (Å²) in [6, 6.07) is 9.55. The number of hydrogen-bond acceptors (Lipinski definition) is 5. The van der Waals surface area contributed by atoms with Gasteiger partial charge in [-0.25, -0.2) is 10.8 Å². The lowest BCUT2D eigenvalue weighted by Gasteiger charge is -2.22. The van der Waals surface area contributed by atoms with Crippen molar-refractivity contribution in [3.05, 3.63) is 35.9 Å². The lowest BCUT2D eigenvalue weighted by atomic mass is 10.1. The van der Waals surface area contributed by atoms with Crippen LogP contribution in [0.2, 0.25) is 0 Å². The Morgan fingerprint density at radius 1 is 1.38 bits per heavy atom. The first-order chi connectivity index (χ1) is 10.3. The molecule has 4 N–H and O–H groups in total. The van der Waals surface area contributed by atoms with Crippen LogP contribution in [0.25, 0.3) is 10.9 Å². The summed E-state index contributed by atoms with van der Waals surface area (Å²) in [6.45, 7) is 0. The van der Waals surface area contributed by atoms with Gasteiger partial charge in [0.15, 0.2) is 0 Å². The number of hydrogen-bond donors (Lipinski definition) is 3. The summed E-state index contributed by atoms with van der Waals surface area (Å²) in [4.78, 5) is 16.9.